The van der Waals surface area contributed by atoms with Crippen LogP contribution in [0.1, 0.15) is 24.4 Å². The molecule has 0 spiro atoms. The number of ether oxygens (including phenoxy) is 1. The average Bonchev–Trinajstić information content (AvgIpc) is 3.25. The molecule has 18 heavy (non-hydrogen) atoms. The number of methoxy groups -OCH3 is 1. The number of aliphatic hydroxyl groups excluding tert-OH is 1. The highest BCUT2D eigenvalue weighted by Gasteiger charge is 2.38. The topological polar surface area (TPSA) is 58.6 Å². The molecular formula is C14H19NO3. The molecule has 1 aromatic rings. The molecule has 1 aliphatic carbocycles. The second-order valence-electron chi connectivity index (χ2n) is 4.65. The molecule has 2 atom stereocenters. The smallest absolute Gasteiger partial charge is 0.323 e. The first kappa shape index (κ1) is 13.1. The molecule has 1 aliphatic rings. The Bertz CT molecular complexity index is 389. The van der Waals surface area contributed by atoms with Crippen molar-refractivity contribution in [2.45, 2.75) is 24.9 Å². The maximum Gasteiger partial charge on any atom is 0.323 e. The van der Waals surface area contributed by atoms with Crippen LogP contribution < -0.4 is 5.32 Å². The highest BCUT2D eigenvalue weighted by Crippen LogP contribution is 2.34. The maximum atomic E-state index is 11.7. The van der Waals surface area contributed by atoms with Crippen molar-refractivity contribution < 1.29 is 14.6 Å². The Morgan fingerprint density at radius 1 is 1.44 bits per heavy atom. The molecule has 2 N–H and O–H groups in total. The number of hydrogen-bond acceptors (Lipinski definition) is 4. The summed E-state index contributed by atoms with van der Waals surface area (Å²) in [6.45, 7) is -0.0375. The second-order valence-corrected chi connectivity index (χ2v) is 4.65. The number of carbonyl (C=O) groups excluding carboxylic acids is 1. The molecule has 4 nitrogen and oxygen atoms in total. The zero-order valence-corrected chi connectivity index (χ0v) is 10.5. The van der Waals surface area contributed by atoms with E-state index in [1.165, 1.54) is 7.11 Å². The van der Waals surface area contributed by atoms with Crippen molar-refractivity contribution >= 4 is 5.97 Å². The summed E-state index contributed by atoms with van der Waals surface area (Å²) in [6.07, 6.45) is 2.08. The van der Waals surface area contributed by atoms with Crippen molar-refractivity contribution in [2.24, 2.45) is 5.92 Å². The van der Waals surface area contributed by atoms with Gasteiger partial charge in [0.2, 0.25) is 0 Å². The normalized spacial score (nSPS) is 18.1. The van der Waals surface area contributed by atoms with Crippen LogP contribution in [0.25, 0.3) is 0 Å². The molecule has 2 rings (SSSR count). The summed E-state index contributed by atoms with van der Waals surface area (Å²) in [5, 5.41) is 12.7. The van der Waals surface area contributed by atoms with Crippen molar-refractivity contribution in [1.82, 2.24) is 5.32 Å². The van der Waals surface area contributed by atoms with E-state index in [-0.39, 0.29) is 24.7 Å². The minimum absolute atomic E-state index is 0.0375. The lowest BCUT2D eigenvalue weighted by Gasteiger charge is -2.23. The Labute approximate surface area is 107 Å². The van der Waals surface area contributed by atoms with Crippen LogP contribution in [0.2, 0.25) is 0 Å². The lowest BCUT2D eigenvalue weighted by molar-refractivity contribution is -0.144. The van der Waals surface area contributed by atoms with Crippen LogP contribution in [-0.4, -0.2) is 30.8 Å². The largest absolute Gasteiger partial charge is 0.468 e. The first-order valence-corrected chi connectivity index (χ1v) is 6.26. The third-order valence-electron chi connectivity index (χ3n) is 3.31. The molecular weight excluding hydrogens is 230 g/mol. The zero-order valence-electron chi connectivity index (χ0n) is 10.5. The predicted octanol–water partition coefficient (Wildman–Crippen LogP) is 1.26. The van der Waals surface area contributed by atoms with Gasteiger partial charge in [0, 0.05) is 0 Å². The number of benzene rings is 1. The van der Waals surface area contributed by atoms with Crippen molar-refractivity contribution in [3.05, 3.63) is 35.9 Å². The monoisotopic (exact) mass is 249 g/mol. The third-order valence-corrected chi connectivity index (χ3v) is 3.31. The van der Waals surface area contributed by atoms with E-state index < -0.39 is 0 Å². The summed E-state index contributed by atoms with van der Waals surface area (Å²) >= 11 is 0. The van der Waals surface area contributed by atoms with Gasteiger partial charge >= 0.3 is 5.97 Å². The van der Waals surface area contributed by atoms with Crippen LogP contribution >= 0.6 is 0 Å². The van der Waals surface area contributed by atoms with Crippen molar-refractivity contribution in [1.29, 1.82) is 0 Å². The second kappa shape index (κ2) is 5.98. The fraction of sp³-hybridized carbons (Fsp3) is 0.500. The van der Waals surface area contributed by atoms with Gasteiger partial charge in [-0.25, -0.2) is 0 Å². The minimum atomic E-state index is -0.313. The molecule has 0 aliphatic heterocycles. The Kier molecular flexibility index (Phi) is 4.33. The molecule has 0 amide bonds. The van der Waals surface area contributed by atoms with E-state index in [2.05, 4.69) is 5.32 Å². The standard InChI is InChI=1S/C14H19NO3/c1-18-14(17)13(11-7-8-11)15-12(9-16)10-5-3-2-4-6-10/h2-6,11-13,15-16H,7-9H2,1H3. The van der Waals surface area contributed by atoms with Crippen molar-refractivity contribution in [2.75, 3.05) is 13.7 Å². The molecule has 0 bridgehead atoms. The number of nitrogens with one attached hydrogen (secondary N) is 1. The molecule has 1 fully saturated rings. The molecule has 0 aromatic heterocycles. The van der Waals surface area contributed by atoms with E-state index in [0.29, 0.717) is 5.92 Å². The van der Waals surface area contributed by atoms with E-state index >= 15 is 0 Å². The van der Waals surface area contributed by atoms with Gasteiger partial charge in [0.15, 0.2) is 0 Å². The first-order valence-electron chi connectivity index (χ1n) is 6.26. The summed E-state index contributed by atoms with van der Waals surface area (Å²) < 4.78 is 4.81. The fourth-order valence-electron chi connectivity index (χ4n) is 2.11. The number of esters is 1. The highest BCUT2D eigenvalue weighted by atomic mass is 16.5. The Morgan fingerprint density at radius 2 is 2.11 bits per heavy atom. The summed E-state index contributed by atoms with van der Waals surface area (Å²) in [5.41, 5.74) is 0.981. The fourth-order valence-corrected chi connectivity index (χ4v) is 2.11. The molecule has 2 unspecified atom stereocenters. The number of hydrogen-bond donors (Lipinski definition) is 2. The van der Waals surface area contributed by atoms with Gasteiger partial charge in [-0.05, 0) is 24.3 Å². The minimum Gasteiger partial charge on any atom is -0.468 e. The SMILES string of the molecule is COC(=O)C(NC(CO)c1ccccc1)C1CC1. The number of carbonyl (C=O) groups is 1. The summed E-state index contributed by atoms with van der Waals surface area (Å²) in [4.78, 5) is 11.7. The van der Waals surface area contributed by atoms with E-state index in [9.17, 15) is 9.90 Å². The van der Waals surface area contributed by atoms with E-state index in [1.807, 2.05) is 30.3 Å². The van der Waals surface area contributed by atoms with Gasteiger partial charge in [-0.1, -0.05) is 30.3 Å². The average molecular weight is 249 g/mol. The van der Waals surface area contributed by atoms with Gasteiger partial charge in [-0.15, -0.1) is 0 Å². The van der Waals surface area contributed by atoms with Gasteiger partial charge in [-0.3, -0.25) is 10.1 Å². The Morgan fingerprint density at radius 3 is 2.61 bits per heavy atom. The van der Waals surface area contributed by atoms with E-state index in [1.54, 1.807) is 0 Å². The van der Waals surface area contributed by atoms with Crippen LogP contribution in [0, 0.1) is 5.92 Å². The summed E-state index contributed by atoms with van der Waals surface area (Å²) in [5.74, 6) is 0.0992. The molecule has 98 valence electrons. The van der Waals surface area contributed by atoms with E-state index in [0.717, 1.165) is 18.4 Å². The highest BCUT2D eigenvalue weighted by molar-refractivity contribution is 5.76. The summed E-state index contributed by atoms with van der Waals surface area (Å²) in [6, 6.07) is 9.11. The lowest BCUT2D eigenvalue weighted by atomic mass is 10.1. The zero-order chi connectivity index (χ0) is 13.0. The molecule has 0 radical (unpaired) electrons. The summed E-state index contributed by atoms with van der Waals surface area (Å²) in [7, 11) is 1.40. The van der Waals surface area contributed by atoms with Crippen LogP contribution in [0.15, 0.2) is 30.3 Å². The predicted molar refractivity (Wildman–Crippen MR) is 67.9 cm³/mol. The van der Waals surface area contributed by atoms with E-state index in [4.69, 9.17) is 4.74 Å². The quantitative estimate of drug-likeness (QED) is 0.745. The van der Waals surface area contributed by atoms with Crippen LogP contribution in [0.4, 0.5) is 0 Å². The van der Waals surface area contributed by atoms with Crippen molar-refractivity contribution in [3.8, 4) is 0 Å². The van der Waals surface area contributed by atoms with Gasteiger partial charge < -0.3 is 9.84 Å². The van der Waals surface area contributed by atoms with Crippen LogP contribution in [0.3, 0.4) is 0 Å². The Hall–Kier alpha value is -1.39. The maximum absolute atomic E-state index is 11.7. The van der Waals surface area contributed by atoms with Gasteiger partial charge in [0.1, 0.15) is 6.04 Å². The number of aliphatic hydroxyl groups is 1. The van der Waals surface area contributed by atoms with Crippen molar-refractivity contribution in [3.63, 3.8) is 0 Å². The van der Waals surface area contributed by atoms with Crippen LogP contribution in [-0.2, 0) is 9.53 Å². The molecule has 0 heterocycles. The molecule has 1 saturated carbocycles. The van der Waals surface area contributed by atoms with Crippen LogP contribution in [0.5, 0.6) is 0 Å². The lowest BCUT2D eigenvalue weighted by Crippen LogP contribution is -2.42. The first-order chi connectivity index (χ1) is 8.76. The number of rotatable bonds is 6. The molecule has 4 heteroatoms. The van der Waals surface area contributed by atoms with Gasteiger partial charge in [0.05, 0.1) is 19.8 Å². The third kappa shape index (κ3) is 3.09. The molecule has 0 saturated heterocycles. The van der Waals surface area contributed by atoms with Gasteiger partial charge in [-0.2, -0.15) is 0 Å². The molecule has 1 aromatic carbocycles. The van der Waals surface area contributed by atoms with Gasteiger partial charge in [0.25, 0.3) is 0 Å². The Balaban J connectivity index is 2.06.